The largest absolute Gasteiger partial charge is 0.389 e. The number of aryl methyl sites for hydroxylation is 1. The van der Waals surface area contributed by atoms with E-state index in [0.29, 0.717) is 0 Å². The number of hydrogen-bond acceptors (Lipinski definition) is 2. The molecule has 2 nitrogen and oxygen atoms in total. The Bertz CT molecular complexity index is 306. The molecule has 0 spiro atoms. The Kier molecular flexibility index (Phi) is 3.97. The minimum Gasteiger partial charge on any atom is -0.389 e. The van der Waals surface area contributed by atoms with Gasteiger partial charge in [-0.2, -0.15) is 0 Å². The van der Waals surface area contributed by atoms with Gasteiger partial charge in [0, 0.05) is 6.54 Å². The van der Waals surface area contributed by atoms with Gasteiger partial charge in [0.05, 0.1) is 5.60 Å². The van der Waals surface area contributed by atoms with Gasteiger partial charge in [0.2, 0.25) is 0 Å². The van der Waals surface area contributed by atoms with Crippen LogP contribution in [0.25, 0.3) is 0 Å². The van der Waals surface area contributed by atoms with Gasteiger partial charge in [0.15, 0.2) is 0 Å². The van der Waals surface area contributed by atoms with Gasteiger partial charge < -0.3 is 10.4 Å². The van der Waals surface area contributed by atoms with E-state index in [2.05, 4.69) is 29.6 Å². The van der Waals surface area contributed by atoms with Crippen LogP contribution in [0.15, 0.2) is 30.3 Å². The molecule has 0 unspecified atom stereocenters. The molecular weight excluding hydrogens is 198 g/mol. The Balaban J connectivity index is 1.55. The monoisotopic (exact) mass is 219 g/mol. The molecule has 1 aromatic carbocycles. The summed E-state index contributed by atoms with van der Waals surface area (Å²) in [5.74, 6) is 0. The molecule has 0 heterocycles. The fourth-order valence-corrected chi connectivity index (χ4v) is 2.14. The first kappa shape index (κ1) is 11.6. The maximum atomic E-state index is 9.86. The predicted molar refractivity (Wildman–Crippen MR) is 66.4 cm³/mol. The Morgan fingerprint density at radius 1 is 1.19 bits per heavy atom. The van der Waals surface area contributed by atoms with E-state index in [1.807, 2.05) is 6.07 Å². The van der Waals surface area contributed by atoms with Crippen LogP contribution in [0.2, 0.25) is 0 Å². The van der Waals surface area contributed by atoms with Crippen molar-refractivity contribution < 1.29 is 5.11 Å². The predicted octanol–water partition coefficient (Wildman–Crippen LogP) is 2.12. The quantitative estimate of drug-likeness (QED) is 0.718. The standard InChI is InChI=1S/C14H21NO/c16-14(9-5-10-14)12-15-11-4-8-13-6-2-1-3-7-13/h1-3,6-7,15-16H,4-5,8-12H2. The first-order valence-corrected chi connectivity index (χ1v) is 6.26. The maximum Gasteiger partial charge on any atom is 0.0771 e. The summed E-state index contributed by atoms with van der Waals surface area (Å²) in [5.41, 5.74) is 1.01. The number of nitrogens with one attached hydrogen (secondary N) is 1. The third kappa shape index (κ3) is 3.32. The summed E-state index contributed by atoms with van der Waals surface area (Å²) in [7, 11) is 0. The molecule has 16 heavy (non-hydrogen) atoms. The molecule has 2 N–H and O–H groups in total. The fourth-order valence-electron chi connectivity index (χ4n) is 2.14. The Hall–Kier alpha value is -0.860. The average Bonchev–Trinajstić information content (AvgIpc) is 2.28. The molecule has 1 aliphatic carbocycles. The molecule has 1 saturated carbocycles. The van der Waals surface area contributed by atoms with E-state index in [1.165, 1.54) is 12.0 Å². The molecular formula is C14H21NO. The van der Waals surface area contributed by atoms with Crippen molar-refractivity contribution in [1.82, 2.24) is 5.32 Å². The van der Waals surface area contributed by atoms with E-state index in [1.54, 1.807) is 0 Å². The Morgan fingerprint density at radius 2 is 1.94 bits per heavy atom. The summed E-state index contributed by atoms with van der Waals surface area (Å²) >= 11 is 0. The zero-order valence-corrected chi connectivity index (χ0v) is 9.78. The van der Waals surface area contributed by atoms with Gasteiger partial charge in [0.25, 0.3) is 0 Å². The first-order chi connectivity index (χ1) is 7.79. The van der Waals surface area contributed by atoms with Crippen LogP contribution in [0.3, 0.4) is 0 Å². The number of benzene rings is 1. The van der Waals surface area contributed by atoms with E-state index in [9.17, 15) is 5.11 Å². The molecule has 2 heteroatoms. The summed E-state index contributed by atoms with van der Waals surface area (Å²) in [5, 5.41) is 13.2. The van der Waals surface area contributed by atoms with Crippen molar-refractivity contribution in [3.05, 3.63) is 35.9 Å². The second-order valence-corrected chi connectivity index (χ2v) is 4.84. The van der Waals surface area contributed by atoms with Crippen molar-refractivity contribution in [2.75, 3.05) is 13.1 Å². The van der Waals surface area contributed by atoms with E-state index in [-0.39, 0.29) is 5.60 Å². The highest BCUT2D eigenvalue weighted by molar-refractivity contribution is 5.14. The molecule has 1 aliphatic rings. The van der Waals surface area contributed by atoms with Gasteiger partial charge in [-0.3, -0.25) is 0 Å². The van der Waals surface area contributed by atoms with Crippen LogP contribution >= 0.6 is 0 Å². The highest BCUT2D eigenvalue weighted by Gasteiger charge is 2.33. The van der Waals surface area contributed by atoms with Crippen LogP contribution in [0.1, 0.15) is 31.2 Å². The summed E-state index contributed by atoms with van der Waals surface area (Å²) < 4.78 is 0. The Morgan fingerprint density at radius 3 is 2.56 bits per heavy atom. The van der Waals surface area contributed by atoms with Gasteiger partial charge >= 0.3 is 0 Å². The van der Waals surface area contributed by atoms with Crippen molar-refractivity contribution in [1.29, 1.82) is 0 Å². The zero-order valence-electron chi connectivity index (χ0n) is 9.78. The van der Waals surface area contributed by atoms with Crippen molar-refractivity contribution in [2.45, 2.75) is 37.7 Å². The molecule has 1 aromatic rings. The lowest BCUT2D eigenvalue weighted by molar-refractivity contribution is -0.0311. The highest BCUT2D eigenvalue weighted by Crippen LogP contribution is 2.30. The van der Waals surface area contributed by atoms with Crippen molar-refractivity contribution in [3.63, 3.8) is 0 Å². The molecule has 0 amide bonds. The number of rotatable bonds is 6. The van der Waals surface area contributed by atoms with Crippen molar-refractivity contribution >= 4 is 0 Å². The fraction of sp³-hybridized carbons (Fsp3) is 0.571. The smallest absolute Gasteiger partial charge is 0.0771 e. The van der Waals surface area contributed by atoms with Crippen LogP contribution in [0, 0.1) is 0 Å². The molecule has 0 aromatic heterocycles. The van der Waals surface area contributed by atoms with E-state index in [0.717, 1.165) is 38.8 Å². The van der Waals surface area contributed by atoms with Gasteiger partial charge in [-0.05, 0) is 44.2 Å². The van der Waals surface area contributed by atoms with Crippen LogP contribution in [-0.2, 0) is 6.42 Å². The number of aliphatic hydroxyl groups is 1. The van der Waals surface area contributed by atoms with Crippen LogP contribution in [-0.4, -0.2) is 23.8 Å². The second kappa shape index (κ2) is 5.46. The molecule has 0 saturated heterocycles. The molecule has 0 radical (unpaired) electrons. The van der Waals surface area contributed by atoms with E-state index >= 15 is 0 Å². The lowest BCUT2D eigenvalue weighted by Gasteiger charge is -2.36. The minimum atomic E-state index is -0.382. The molecule has 1 fully saturated rings. The van der Waals surface area contributed by atoms with Crippen molar-refractivity contribution in [2.24, 2.45) is 0 Å². The third-order valence-corrected chi connectivity index (χ3v) is 3.40. The van der Waals surface area contributed by atoms with Gasteiger partial charge in [0.1, 0.15) is 0 Å². The Labute approximate surface area is 97.7 Å². The van der Waals surface area contributed by atoms with Crippen LogP contribution in [0.4, 0.5) is 0 Å². The summed E-state index contributed by atoms with van der Waals surface area (Å²) in [6.45, 7) is 1.76. The summed E-state index contributed by atoms with van der Waals surface area (Å²) in [4.78, 5) is 0. The topological polar surface area (TPSA) is 32.3 Å². The summed E-state index contributed by atoms with van der Waals surface area (Å²) in [6.07, 6.45) is 5.38. The highest BCUT2D eigenvalue weighted by atomic mass is 16.3. The lowest BCUT2D eigenvalue weighted by atomic mass is 9.80. The van der Waals surface area contributed by atoms with E-state index < -0.39 is 0 Å². The first-order valence-electron chi connectivity index (χ1n) is 6.26. The molecule has 2 rings (SSSR count). The average molecular weight is 219 g/mol. The van der Waals surface area contributed by atoms with Crippen LogP contribution < -0.4 is 5.32 Å². The molecule has 88 valence electrons. The van der Waals surface area contributed by atoms with E-state index in [4.69, 9.17) is 0 Å². The van der Waals surface area contributed by atoms with Crippen molar-refractivity contribution in [3.8, 4) is 0 Å². The summed E-state index contributed by atoms with van der Waals surface area (Å²) in [6, 6.07) is 10.5. The number of hydrogen-bond donors (Lipinski definition) is 2. The van der Waals surface area contributed by atoms with Gasteiger partial charge in [-0.25, -0.2) is 0 Å². The maximum absolute atomic E-state index is 9.86. The second-order valence-electron chi connectivity index (χ2n) is 4.84. The minimum absolute atomic E-state index is 0.382. The van der Waals surface area contributed by atoms with Gasteiger partial charge in [-0.15, -0.1) is 0 Å². The zero-order chi connectivity index (χ0) is 11.3. The molecule has 0 aliphatic heterocycles. The third-order valence-electron chi connectivity index (χ3n) is 3.40. The lowest BCUT2D eigenvalue weighted by Crippen LogP contribution is -2.46. The normalized spacial score (nSPS) is 18.1. The SMILES string of the molecule is OC1(CNCCCc2ccccc2)CCC1. The molecule has 0 atom stereocenters. The van der Waals surface area contributed by atoms with Crippen LogP contribution in [0.5, 0.6) is 0 Å². The van der Waals surface area contributed by atoms with Gasteiger partial charge in [-0.1, -0.05) is 30.3 Å². The molecule has 0 bridgehead atoms.